The second-order valence-corrected chi connectivity index (χ2v) is 6.36. The Labute approximate surface area is 147 Å². The maximum Gasteiger partial charge on any atom is 0.257 e. The normalized spacial score (nSPS) is 20.1. The average molecular weight is 344 g/mol. The van der Waals surface area contributed by atoms with Gasteiger partial charge in [0.2, 0.25) is 5.88 Å². The van der Waals surface area contributed by atoms with E-state index in [0.29, 0.717) is 42.9 Å². The molecule has 2 N–H and O–H groups in total. The Morgan fingerprint density at radius 3 is 2.80 bits per heavy atom. The number of nitrogens with zero attached hydrogens (tertiary/aromatic N) is 5. The van der Waals surface area contributed by atoms with Crippen molar-refractivity contribution in [2.45, 2.75) is 33.2 Å². The van der Waals surface area contributed by atoms with Gasteiger partial charge in [-0.05, 0) is 45.7 Å². The van der Waals surface area contributed by atoms with Crippen molar-refractivity contribution in [2.75, 3.05) is 19.7 Å². The first-order valence-corrected chi connectivity index (χ1v) is 8.57. The highest BCUT2D eigenvalue weighted by molar-refractivity contribution is 5.95. The summed E-state index contributed by atoms with van der Waals surface area (Å²) >= 11 is 0. The van der Waals surface area contributed by atoms with Gasteiger partial charge in [0.25, 0.3) is 5.91 Å². The molecular formula is C17H24N6O2. The zero-order valence-corrected chi connectivity index (χ0v) is 14.8. The van der Waals surface area contributed by atoms with Crippen molar-refractivity contribution in [1.29, 1.82) is 0 Å². The maximum atomic E-state index is 12.9. The van der Waals surface area contributed by atoms with E-state index in [1.165, 1.54) is 0 Å². The number of nitrogens with two attached hydrogens (primary N) is 1. The summed E-state index contributed by atoms with van der Waals surface area (Å²) in [5, 5.41) is 12.5. The van der Waals surface area contributed by atoms with E-state index in [1.54, 1.807) is 23.0 Å². The van der Waals surface area contributed by atoms with Crippen LogP contribution in [0.1, 0.15) is 36.3 Å². The second-order valence-electron chi connectivity index (χ2n) is 6.36. The summed E-state index contributed by atoms with van der Waals surface area (Å²) in [4.78, 5) is 14.8. The monoisotopic (exact) mass is 344 g/mol. The van der Waals surface area contributed by atoms with Gasteiger partial charge < -0.3 is 15.4 Å². The molecule has 2 atom stereocenters. The molecule has 1 fully saturated rings. The Hall–Kier alpha value is -2.48. The third-order valence-electron chi connectivity index (χ3n) is 4.63. The summed E-state index contributed by atoms with van der Waals surface area (Å²) in [5.74, 6) is 1.37. The first-order valence-electron chi connectivity index (χ1n) is 8.57. The van der Waals surface area contributed by atoms with Crippen molar-refractivity contribution in [3.05, 3.63) is 29.6 Å². The number of carbonyl (C=O) groups excluding carboxylic acids is 1. The molecule has 0 bridgehead atoms. The van der Waals surface area contributed by atoms with Crippen LogP contribution in [0.15, 0.2) is 18.3 Å². The fourth-order valence-corrected chi connectivity index (χ4v) is 3.25. The smallest absolute Gasteiger partial charge is 0.257 e. The van der Waals surface area contributed by atoms with Crippen LogP contribution < -0.4 is 10.5 Å². The van der Waals surface area contributed by atoms with E-state index in [1.807, 2.05) is 18.7 Å². The Morgan fingerprint density at radius 2 is 2.20 bits per heavy atom. The van der Waals surface area contributed by atoms with Crippen LogP contribution in [-0.2, 0) is 0 Å². The molecule has 8 heteroatoms. The lowest BCUT2D eigenvalue weighted by Gasteiger charge is -2.21. The number of carbonyl (C=O) groups is 1. The summed E-state index contributed by atoms with van der Waals surface area (Å²) < 4.78 is 6.92. The molecule has 0 spiro atoms. The molecule has 0 radical (unpaired) electrons. The molecule has 25 heavy (non-hydrogen) atoms. The van der Waals surface area contributed by atoms with E-state index >= 15 is 0 Å². The average Bonchev–Trinajstić information content (AvgIpc) is 3.18. The van der Waals surface area contributed by atoms with Gasteiger partial charge in [-0.25, -0.2) is 4.68 Å². The van der Waals surface area contributed by atoms with E-state index in [2.05, 4.69) is 22.2 Å². The van der Waals surface area contributed by atoms with Crippen LogP contribution >= 0.6 is 0 Å². The molecule has 3 rings (SSSR count). The van der Waals surface area contributed by atoms with Crippen LogP contribution in [0.4, 0.5) is 0 Å². The van der Waals surface area contributed by atoms with Crippen LogP contribution in [0.5, 0.6) is 5.88 Å². The molecule has 2 aromatic rings. The molecule has 0 aromatic carbocycles. The number of ether oxygens (including phenoxy) is 1. The van der Waals surface area contributed by atoms with E-state index in [4.69, 9.17) is 10.5 Å². The van der Waals surface area contributed by atoms with E-state index in [-0.39, 0.29) is 11.9 Å². The lowest BCUT2D eigenvalue weighted by atomic mass is 10.1. The molecule has 1 aliphatic rings. The minimum atomic E-state index is -0.00824. The quantitative estimate of drug-likeness (QED) is 0.874. The van der Waals surface area contributed by atoms with Gasteiger partial charge in [0.05, 0.1) is 24.1 Å². The largest absolute Gasteiger partial charge is 0.477 e. The van der Waals surface area contributed by atoms with Crippen LogP contribution in [0.25, 0.3) is 5.82 Å². The number of amides is 1. The van der Waals surface area contributed by atoms with Crippen molar-refractivity contribution in [3.8, 4) is 11.7 Å². The van der Waals surface area contributed by atoms with Gasteiger partial charge >= 0.3 is 0 Å². The van der Waals surface area contributed by atoms with E-state index in [9.17, 15) is 4.79 Å². The topological polar surface area (TPSA) is 99.2 Å². The van der Waals surface area contributed by atoms with Gasteiger partial charge in [0.1, 0.15) is 0 Å². The number of rotatable bonds is 5. The molecule has 1 amide bonds. The molecule has 1 saturated heterocycles. The summed E-state index contributed by atoms with van der Waals surface area (Å²) in [5.41, 5.74) is 7.09. The van der Waals surface area contributed by atoms with Crippen molar-refractivity contribution >= 4 is 5.91 Å². The summed E-state index contributed by atoms with van der Waals surface area (Å²) in [6.07, 6.45) is 2.54. The highest BCUT2D eigenvalue weighted by Gasteiger charge is 2.33. The Kier molecular flexibility index (Phi) is 4.98. The fourth-order valence-electron chi connectivity index (χ4n) is 3.25. The van der Waals surface area contributed by atoms with Gasteiger partial charge in [0.15, 0.2) is 5.82 Å². The summed E-state index contributed by atoms with van der Waals surface area (Å²) in [7, 11) is 0. The van der Waals surface area contributed by atoms with E-state index in [0.717, 1.165) is 12.1 Å². The minimum absolute atomic E-state index is 0.00824. The molecule has 2 unspecified atom stereocenters. The predicted molar refractivity (Wildman–Crippen MR) is 92.7 cm³/mol. The fraction of sp³-hybridized carbons (Fsp3) is 0.529. The third kappa shape index (κ3) is 3.34. The molecule has 0 saturated carbocycles. The zero-order valence-electron chi connectivity index (χ0n) is 14.8. The molecule has 0 aliphatic carbocycles. The summed E-state index contributed by atoms with van der Waals surface area (Å²) in [6.45, 7) is 7.65. The van der Waals surface area contributed by atoms with Gasteiger partial charge in [0, 0.05) is 18.7 Å². The first-order chi connectivity index (χ1) is 12.0. The Bertz CT molecular complexity index is 742. The predicted octanol–water partition coefficient (Wildman–Crippen LogP) is 1.18. The lowest BCUT2D eigenvalue weighted by molar-refractivity contribution is 0.0742. The molecule has 1 aliphatic heterocycles. The Balaban J connectivity index is 1.82. The maximum absolute atomic E-state index is 12.9. The van der Waals surface area contributed by atoms with Crippen molar-refractivity contribution in [2.24, 2.45) is 11.7 Å². The lowest BCUT2D eigenvalue weighted by Crippen LogP contribution is -2.34. The SMILES string of the molecule is CCOc1ccc(-n2ncc(C(=O)N3CC(CN)CC3C)c2C)nn1. The number of aromatic nitrogens is 4. The van der Waals surface area contributed by atoms with Crippen LogP contribution in [-0.4, -0.2) is 56.5 Å². The first kappa shape index (κ1) is 17.3. The van der Waals surface area contributed by atoms with Crippen LogP contribution in [0, 0.1) is 12.8 Å². The number of likely N-dealkylation sites (tertiary alicyclic amines) is 1. The second kappa shape index (κ2) is 7.18. The standard InChI is InChI=1S/C17H24N6O2/c1-4-25-16-6-5-15(20-21-16)23-12(3)14(9-19-23)17(24)22-10-13(8-18)7-11(22)2/h5-6,9,11,13H,4,7-8,10,18H2,1-3H3. The van der Waals surface area contributed by atoms with Gasteiger partial charge in [-0.1, -0.05) is 0 Å². The number of hydrogen-bond acceptors (Lipinski definition) is 6. The Morgan fingerprint density at radius 1 is 1.40 bits per heavy atom. The number of hydrogen-bond donors (Lipinski definition) is 1. The molecule has 8 nitrogen and oxygen atoms in total. The van der Waals surface area contributed by atoms with Crippen LogP contribution in [0.3, 0.4) is 0 Å². The molecule has 2 aromatic heterocycles. The molecule has 3 heterocycles. The minimum Gasteiger partial charge on any atom is -0.477 e. The van der Waals surface area contributed by atoms with Gasteiger partial charge in [-0.2, -0.15) is 5.10 Å². The molecular weight excluding hydrogens is 320 g/mol. The third-order valence-corrected chi connectivity index (χ3v) is 4.63. The highest BCUT2D eigenvalue weighted by Crippen LogP contribution is 2.25. The van der Waals surface area contributed by atoms with Crippen LogP contribution in [0.2, 0.25) is 0 Å². The summed E-state index contributed by atoms with van der Waals surface area (Å²) in [6, 6.07) is 3.70. The van der Waals surface area contributed by atoms with Crippen molar-refractivity contribution < 1.29 is 9.53 Å². The van der Waals surface area contributed by atoms with E-state index < -0.39 is 0 Å². The molecule has 134 valence electrons. The van der Waals surface area contributed by atoms with Crippen molar-refractivity contribution in [3.63, 3.8) is 0 Å². The zero-order chi connectivity index (χ0) is 18.0. The van der Waals surface area contributed by atoms with Gasteiger partial charge in [-0.15, -0.1) is 10.2 Å². The van der Waals surface area contributed by atoms with Gasteiger partial charge in [-0.3, -0.25) is 4.79 Å². The highest BCUT2D eigenvalue weighted by atomic mass is 16.5. The van der Waals surface area contributed by atoms with Crippen molar-refractivity contribution in [1.82, 2.24) is 24.9 Å².